The Labute approximate surface area is 111 Å². The number of hydrogen-bond acceptors (Lipinski definition) is 4. The molecule has 0 spiro atoms. The predicted octanol–water partition coefficient (Wildman–Crippen LogP) is 1.57. The van der Waals surface area contributed by atoms with Crippen LogP contribution in [-0.4, -0.2) is 27.0 Å². The van der Waals surface area contributed by atoms with Gasteiger partial charge in [-0.3, -0.25) is 4.79 Å². The lowest BCUT2D eigenvalue weighted by molar-refractivity contribution is -0.129. The zero-order chi connectivity index (χ0) is 13.8. The Morgan fingerprint density at radius 2 is 2.17 bits per heavy atom. The minimum atomic E-state index is -3.91. The number of amides is 1. The third-order valence-corrected chi connectivity index (χ3v) is 3.71. The number of rotatable bonds is 5. The average molecular weight is 292 g/mol. The minimum absolute atomic E-state index is 0.0629. The van der Waals surface area contributed by atoms with Gasteiger partial charge in [0.15, 0.2) is 0 Å². The number of nitrogens with one attached hydrogen (secondary N) is 1. The van der Waals surface area contributed by atoms with Crippen LogP contribution in [0, 0.1) is 0 Å². The number of benzene rings is 1. The molecule has 100 valence electrons. The first-order chi connectivity index (χ1) is 8.36. The van der Waals surface area contributed by atoms with Crippen LogP contribution in [0.3, 0.4) is 0 Å². The highest BCUT2D eigenvalue weighted by Crippen LogP contribution is 2.15. The maximum Gasteiger partial charge on any atom is 0.264 e. The molecule has 0 saturated heterocycles. The molecule has 7 heteroatoms. The van der Waals surface area contributed by atoms with Crippen LogP contribution < -0.4 is 4.72 Å². The summed E-state index contributed by atoms with van der Waals surface area (Å²) < 4.78 is 30.7. The Bertz CT molecular complexity index is 530. The van der Waals surface area contributed by atoms with Crippen molar-refractivity contribution >= 4 is 27.5 Å². The molecule has 5 nitrogen and oxygen atoms in total. The van der Waals surface area contributed by atoms with E-state index in [0.717, 1.165) is 0 Å². The highest BCUT2D eigenvalue weighted by Gasteiger charge is 2.21. The molecule has 0 radical (unpaired) electrons. The maximum atomic E-state index is 11.9. The summed E-state index contributed by atoms with van der Waals surface area (Å²) in [5.74, 6) is -0.711. The van der Waals surface area contributed by atoms with Gasteiger partial charge in [-0.2, -0.15) is 0 Å². The number of carbonyl (C=O) groups excluding carboxylic acids is 1. The zero-order valence-electron chi connectivity index (χ0n) is 10.0. The van der Waals surface area contributed by atoms with Crippen LogP contribution in [0.1, 0.15) is 13.8 Å². The highest BCUT2D eigenvalue weighted by molar-refractivity contribution is 7.90. The average Bonchev–Trinajstić information content (AvgIpc) is 2.28. The van der Waals surface area contributed by atoms with Crippen LogP contribution in [0.5, 0.6) is 0 Å². The molecule has 1 rings (SSSR count). The Morgan fingerprint density at radius 1 is 1.50 bits per heavy atom. The lowest BCUT2D eigenvalue weighted by atomic mass is 10.4. The number of carbonyl (C=O) groups is 1. The summed E-state index contributed by atoms with van der Waals surface area (Å²) in [6.07, 6.45) is -0.830. The summed E-state index contributed by atoms with van der Waals surface area (Å²) >= 11 is 5.70. The van der Waals surface area contributed by atoms with Gasteiger partial charge >= 0.3 is 0 Å². The van der Waals surface area contributed by atoms with Crippen LogP contribution in [0.15, 0.2) is 29.2 Å². The molecule has 0 bridgehead atoms. The van der Waals surface area contributed by atoms with E-state index in [-0.39, 0.29) is 9.92 Å². The minimum Gasteiger partial charge on any atom is -0.369 e. The van der Waals surface area contributed by atoms with Crippen molar-refractivity contribution in [2.45, 2.75) is 24.8 Å². The van der Waals surface area contributed by atoms with E-state index in [1.54, 1.807) is 13.0 Å². The molecular weight excluding hydrogens is 278 g/mol. The van der Waals surface area contributed by atoms with Gasteiger partial charge < -0.3 is 4.74 Å². The van der Waals surface area contributed by atoms with Gasteiger partial charge in [-0.1, -0.05) is 17.7 Å². The topological polar surface area (TPSA) is 72.5 Å². The third-order valence-electron chi connectivity index (χ3n) is 2.13. The number of halogens is 1. The molecule has 0 saturated carbocycles. The largest absolute Gasteiger partial charge is 0.369 e. The van der Waals surface area contributed by atoms with Crippen molar-refractivity contribution in [2.24, 2.45) is 0 Å². The first-order valence-electron chi connectivity index (χ1n) is 5.30. The van der Waals surface area contributed by atoms with E-state index >= 15 is 0 Å². The first kappa shape index (κ1) is 14.9. The molecule has 1 aromatic carbocycles. The van der Waals surface area contributed by atoms with Crippen molar-refractivity contribution in [3.8, 4) is 0 Å². The van der Waals surface area contributed by atoms with Crippen LogP contribution in [0.2, 0.25) is 5.02 Å². The summed E-state index contributed by atoms with van der Waals surface area (Å²) in [6, 6.07) is 5.66. The molecular formula is C11H14ClNO4S. The Balaban J connectivity index is 2.86. The molecule has 0 aliphatic carbocycles. The summed E-state index contributed by atoms with van der Waals surface area (Å²) in [4.78, 5) is 11.5. The summed E-state index contributed by atoms with van der Waals surface area (Å²) in [6.45, 7) is 3.52. The first-order valence-corrected chi connectivity index (χ1v) is 7.16. The molecule has 1 unspecified atom stereocenters. The summed E-state index contributed by atoms with van der Waals surface area (Å²) in [5.41, 5.74) is 0. The van der Waals surface area contributed by atoms with Crippen LogP contribution in [-0.2, 0) is 19.6 Å². The SMILES string of the molecule is CCOC(C)C(=O)NS(=O)(=O)c1cccc(Cl)c1. The van der Waals surface area contributed by atoms with Gasteiger partial charge in [0.1, 0.15) is 6.10 Å². The van der Waals surface area contributed by atoms with Crippen molar-refractivity contribution in [3.63, 3.8) is 0 Å². The van der Waals surface area contributed by atoms with Gasteiger partial charge in [0.2, 0.25) is 0 Å². The Kier molecular flexibility index (Phi) is 5.13. The van der Waals surface area contributed by atoms with Crippen molar-refractivity contribution in [3.05, 3.63) is 29.3 Å². The number of ether oxygens (including phenoxy) is 1. The van der Waals surface area contributed by atoms with E-state index in [1.165, 1.54) is 25.1 Å². The second kappa shape index (κ2) is 6.17. The fourth-order valence-electron chi connectivity index (χ4n) is 1.23. The molecule has 0 aliphatic heterocycles. The molecule has 0 heterocycles. The molecule has 1 aromatic rings. The smallest absolute Gasteiger partial charge is 0.264 e. The Hall–Kier alpha value is -1.11. The monoisotopic (exact) mass is 291 g/mol. The van der Waals surface area contributed by atoms with Gasteiger partial charge in [-0.15, -0.1) is 0 Å². The zero-order valence-corrected chi connectivity index (χ0v) is 11.6. The quantitative estimate of drug-likeness (QED) is 0.894. The molecule has 1 N–H and O–H groups in total. The van der Waals surface area contributed by atoms with E-state index in [2.05, 4.69) is 0 Å². The standard InChI is InChI=1S/C11H14ClNO4S/c1-3-17-8(2)11(14)13-18(15,16)10-6-4-5-9(12)7-10/h4-8H,3H2,1-2H3,(H,13,14). The molecule has 1 amide bonds. The summed E-state index contributed by atoms with van der Waals surface area (Å²) in [5, 5.41) is 0.281. The van der Waals surface area contributed by atoms with E-state index < -0.39 is 22.0 Å². The summed E-state index contributed by atoms with van der Waals surface area (Å²) in [7, 11) is -3.91. The van der Waals surface area contributed by atoms with Gasteiger partial charge in [0, 0.05) is 11.6 Å². The predicted molar refractivity (Wildman–Crippen MR) is 67.9 cm³/mol. The van der Waals surface area contributed by atoms with Crippen LogP contribution in [0.25, 0.3) is 0 Å². The highest BCUT2D eigenvalue weighted by atomic mass is 35.5. The number of sulfonamides is 1. The normalized spacial score (nSPS) is 13.1. The molecule has 1 atom stereocenters. The van der Waals surface area contributed by atoms with Crippen molar-refractivity contribution < 1.29 is 17.9 Å². The van der Waals surface area contributed by atoms with Crippen molar-refractivity contribution in [1.29, 1.82) is 0 Å². The van der Waals surface area contributed by atoms with Crippen molar-refractivity contribution in [1.82, 2.24) is 4.72 Å². The lowest BCUT2D eigenvalue weighted by Gasteiger charge is -2.12. The van der Waals surface area contributed by atoms with Crippen LogP contribution in [0.4, 0.5) is 0 Å². The third kappa shape index (κ3) is 3.97. The Morgan fingerprint density at radius 3 is 2.72 bits per heavy atom. The van der Waals surface area contributed by atoms with E-state index in [9.17, 15) is 13.2 Å². The van der Waals surface area contributed by atoms with Gasteiger partial charge in [-0.25, -0.2) is 13.1 Å². The van der Waals surface area contributed by atoms with E-state index in [4.69, 9.17) is 16.3 Å². The van der Waals surface area contributed by atoms with Gasteiger partial charge in [-0.05, 0) is 32.0 Å². The molecule has 0 fully saturated rings. The van der Waals surface area contributed by atoms with Crippen molar-refractivity contribution in [2.75, 3.05) is 6.61 Å². The molecule has 18 heavy (non-hydrogen) atoms. The molecule has 0 aliphatic rings. The maximum absolute atomic E-state index is 11.9. The van der Waals surface area contributed by atoms with E-state index in [1.807, 2.05) is 4.72 Å². The van der Waals surface area contributed by atoms with E-state index in [0.29, 0.717) is 6.61 Å². The number of hydrogen-bond donors (Lipinski definition) is 1. The lowest BCUT2D eigenvalue weighted by Crippen LogP contribution is -2.38. The molecule has 0 aromatic heterocycles. The second-order valence-corrected chi connectivity index (χ2v) is 5.64. The van der Waals surface area contributed by atoms with Gasteiger partial charge in [0.25, 0.3) is 15.9 Å². The van der Waals surface area contributed by atoms with Crippen LogP contribution >= 0.6 is 11.6 Å². The second-order valence-electron chi connectivity index (χ2n) is 3.52. The van der Waals surface area contributed by atoms with Gasteiger partial charge in [0.05, 0.1) is 4.90 Å². The fourth-order valence-corrected chi connectivity index (χ4v) is 2.58. The fraction of sp³-hybridized carbons (Fsp3) is 0.364.